The molecule has 0 spiro atoms. The van der Waals surface area contributed by atoms with Gasteiger partial charge in [-0.1, -0.05) is 31.2 Å². The van der Waals surface area contributed by atoms with Gasteiger partial charge in [-0.3, -0.25) is 0 Å². The minimum atomic E-state index is -0.0916. The van der Waals surface area contributed by atoms with Gasteiger partial charge in [0, 0.05) is 0 Å². The van der Waals surface area contributed by atoms with Crippen molar-refractivity contribution in [3.05, 3.63) is 0 Å². The van der Waals surface area contributed by atoms with Gasteiger partial charge in [0.15, 0.2) is 0 Å². The standard InChI is InChI=1S/C7H14OS.Na/c1-2-3-4-5-6-7(8)9;/h2-6H2,1H3,(H,8,9);/q;+1/p-1. The second-order valence-corrected chi connectivity index (χ2v) is 2.64. The molecule has 1 nitrogen and oxygen atoms in total. The smallest absolute Gasteiger partial charge is 0.867 e. The molecule has 0 radical (unpaired) electrons. The van der Waals surface area contributed by atoms with Crippen LogP contribution in [0.5, 0.6) is 0 Å². The third kappa shape index (κ3) is 11.7. The Hall–Kier alpha value is 0.890. The molecular formula is C7H13NaOS. The van der Waals surface area contributed by atoms with Crippen molar-refractivity contribution in [3.8, 4) is 0 Å². The summed E-state index contributed by atoms with van der Waals surface area (Å²) in [5.41, 5.74) is 0. The van der Waals surface area contributed by atoms with E-state index in [1.807, 2.05) is 0 Å². The van der Waals surface area contributed by atoms with Crippen molar-refractivity contribution in [2.24, 2.45) is 0 Å². The fourth-order valence-corrected chi connectivity index (χ4v) is 0.840. The normalized spacial score (nSPS) is 8.50. The summed E-state index contributed by atoms with van der Waals surface area (Å²) in [5.74, 6) is 0. The molecule has 10 heavy (non-hydrogen) atoms. The summed E-state index contributed by atoms with van der Waals surface area (Å²) in [5, 5.41) is 10.1. The van der Waals surface area contributed by atoms with Gasteiger partial charge >= 0.3 is 29.6 Å². The SMILES string of the molecule is CCCCCCC([O-])=S.[Na+]. The van der Waals surface area contributed by atoms with E-state index in [4.69, 9.17) is 0 Å². The molecule has 0 aliphatic heterocycles. The first-order valence-corrected chi connectivity index (χ1v) is 3.88. The number of rotatable bonds is 5. The van der Waals surface area contributed by atoms with Crippen LogP contribution in [0.1, 0.15) is 39.0 Å². The monoisotopic (exact) mass is 168 g/mol. The van der Waals surface area contributed by atoms with E-state index in [1.165, 1.54) is 12.8 Å². The molecule has 0 heterocycles. The van der Waals surface area contributed by atoms with Crippen LogP contribution in [-0.4, -0.2) is 5.05 Å². The predicted octanol–water partition coefficient (Wildman–Crippen LogP) is -1.35. The first-order valence-electron chi connectivity index (χ1n) is 3.47. The summed E-state index contributed by atoms with van der Waals surface area (Å²) in [6.07, 6.45) is 5.17. The van der Waals surface area contributed by atoms with Gasteiger partial charge in [-0.15, -0.1) is 12.2 Å². The summed E-state index contributed by atoms with van der Waals surface area (Å²) in [7, 11) is 0. The molecule has 0 rings (SSSR count). The Labute approximate surface area is 90.5 Å². The Morgan fingerprint density at radius 3 is 2.30 bits per heavy atom. The van der Waals surface area contributed by atoms with Crippen molar-refractivity contribution in [2.45, 2.75) is 39.0 Å². The Bertz CT molecular complexity index is 85.7. The topological polar surface area (TPSA) is 23.1 Å². The fraction of sp³-hybridized carbons (Fsp3) is 0.857. The molecule has 0 unspecified atom stereocenters. The minimum absolute atomic E-state index is 0. The molecule has 0 aromatic heterocycles. The van der Waals surface area contributed by atoms with E-state index in [0.29, 0.717) is 6.42 Å². The Morgan fingerprint density at radius 2 is 1.90 bits per heavy atom. The first-order chi connectivity index (χ1) is 4.27. The largest absolute Gasteiger partial charge is 1.00 e. The number of hydrogen-bond donors (Lipinski definition) is 0. The van der Waals surface area contributed by atoms with Gasteiger partial charge in [0.25, 0.3) is 0 Å². The van der Waals surface area contributed by atoms with Gasteiger partial charge in [0.2, 0.25) is 0 Å². The van der Waals surface area contributed by atoms with Gasteiger partial charge < -0.3 is 5.11 Å². The van der Waals surface area contributed by atoms with Gasteiger partial charge in [0.1, 0.15) is 0 Å². The predicted molar refractivity (Wildman–Crippen MR) is 41.4 cm³/mol. The summed E-state index contributed by atoms with van der Waals surface area (Å²) in [6.45, 7) is 2.15. The van der Waals surface area contributed by atoms with Crippen LogP contribution in [0.3, 0.4) is 0 Å². The molecule has 0 saturated carbocycles. The second kappa shape index (κ2) is 9.89. The van der Waals surface area contributed by atoms with Crippen LogP contribution in [0.2, 0.25) is 0 Å². The zero-order valence-electron chi connectivity index (χ0n) is 6.85. The molecule has 3 heteroatoms. The molecule has 0 atom stereocenters. The summed E-state index contributed by atoms with van der Waals surface area (Å²) in [4.78, 5) is 0. The number of hydrogen-bond acceptors (Lipinski definition) is 2. The van der Waals surface area contributed by atoms with Crippen molar-refractivity contribution in [2.75, 3.05) is 0 Å². The summed E-state index contributed by atoms with van der Waals surface area (Å²) < 4.78 is 0. The molecule has 0 aromatic rings. The van der Waals surface area contributed by atoms with E-state index >= 15 is 0 Å². The van der Waals surface area contributed by atoms with Gasteiger partial charge in [0.05, 0.1) is 0 Å². The van der Waals surface area contributed by atoms with Crippen molar-refractivity contribution in [1.29, 1.82) is 0 Å². The molecule has 0 aliphatic rings. The molecule has 0 saturated heterocycles. The Balaban J connectivity index is 0. The van der Waals surface area contributed by atoms with E-state index < -0.39 is 0 Å². The molecule has 54 valence electrons. The number of unbranched alkanes of at least 4 members (excludes halogenated alkanes) is 3. The van der Waals surface area contributed by atoms with E-state index in [9.17, 15) is 5.11 Å². The minimum Gasteiger partial charge on any atom is -0.867 e. The molecule has 0 N–H and O–H groups in total. The average molecular weight is 168 g/mol. The van der Waals surface area contributed by atoms with E-state index in [2.05, 4.69) is 19.1 Å². The van der Waals surface area contributed by atoms with Crippen LogP contribution < -0.4 is 34.7 Å². The summed E-state index contributed by atoms with van der Waals surface area (Å²) >= 11 is 4.39. The van der Waals surface area contributed by atoms with E-state index in [0.717, 1.165) is 12.8 Å². The van der Waals surface area contributed by atoms with E-state index in [-0.39, 0.29) is 34.6 Å². The zero-order chi connectivity index (χ0) is 7.11. The maximum Gasteiger partial charge on any atom is 1.00 e. The van der Waals surface area contributed by atoms with E-state index in [1.54, 1.807) is 0 Å². The van der Waals surface area contributed by atoms with Crippen LogP contribution >= 0.6 is 12.2 Å². The molecule has 0 fully saturated rings. The van der Waals surface area contributed by atoms with Crippen LogP contribution in [0.25, 0.3) is 0 Å². The maximum absolute atomic E-state index is 10.2. The van der Waals surface area contributed by atoms with Crippen LogP contribution in [0.15, 0.2) is 0 Å². The fourth-order valence-electron chi connectivity index (χ4n) is 0.696. The molecule has 0 aliphatic carbocycles. The Morgan fingerprint density at radius 1 is 1.30 bits per heavy atom. The van der Waals surface area contributed by atoms with Crippen molar-refractivity contribution >= 4 is 17.3 Å². The molecular weight excluding hydrogens is 155 g/mol. The van der Waals surface area contributed by atoms with Gasteiger partial charge in [-0.25, -0.2) is 0 Å². The zero-order valence-corrected chi connectivity index (χ0v) is 9.67. The van der Waals surface area contributed by atoms with Crippen molar-refractivity contribution in [3.63, 3.8) is 0 Å². The molecule has 0 aromatic carbocycles. The van der Waals surface area contributed by atoms with Gasteiger partial charge in [-0.2, -0.15) is 0 Å². The summed E-state index contributed by atoms with van der Waals surface area (Å²) in [6, 6.07) is 0. The molecule has 0 amide bonds. The van der Waals surface area contributed by atoms with Gasteiger partial charge in [-0.05, 0) is 12.8 Å². The quantitative estimate of drug-likeness (QED) is 0.288. The molecule has 0 bridgehead atoms. The maximum atomic E-state index is 10.2. The van der Waals surface area contributed by atoms with Crippen LogP contribution in [0, 0.1) is 0 Å². The third-order valence-corrected chi connectivity index (χ3v) is 1.44. The third-order valence-electron chi connectivity index (χ3n) is 1.23. The Kier molecular flexibility index (Phi) is 13.3. The van der Waals surface area contributed by atoms with Crippen molar-refractivity contribution in [1.82, 2.24) is 0 Å². The average Bonchev–Trinajstić information content (AvgIpc) is 1.80. The van der Waals surface area contributed by atoms with Crippen LogP contribution in [-0.2, 0) is 0 Å². The second-order valence-electron chi connectivity index (χ2n) is 2.18. The first kappa shape index (κ1) is 13.5. The number of thiocarbonyl (C=S) groups is 1. The van der Waals surface area contributed by atoms with Crippen molar-refractivity contribution < 1.29 is 34.7 Å². The van der Waals surface area contributed by atoms with Crippen LogP contribution in [0.4, 0.5) is 0 Å².